The average Bonchev–Trinajstić information content (AvgIpc) is 3.09. The first-order valence-corrected chi connectivity index (χ1v) is 12.1. The Hall–Kier alpha value is -1.87. The fourth-order valence-electron chi connectivity index (χ4n) is 3.45. The predicted octanol–water partition coefficient (Wildman–Crippen LogP) is 2.50. The van der Waals surface area contributed by atoms with Gasteiger partial charge in [-0.3, -0.25) is 9.59 Å². The molecular formula is C19H24N2O5S2. The van der Waals surface area contributed by atoms with E-state index in [2.05, 4.69) is 11.9 Å². The van der Waals surface area contributed by atoms with Gasteiger partial charge in [-0.05, 0) is 30.5 Å². The number of fused-ring (bicyclic) bond motifs is 1. The normalized spacial score (nSPS) is 24.5. The summed E-state index contributed by atoms with van der Waals surface area (Å²) in [5, 5.41) is 9.04. The van der Waals surface area contributed by atoms with Crippen LogP contribution in [-0.2, 0) is 25.8 Å². The van der Waals surface area contributed by atoms with Crippen molar-refractivity contribution in [3.8, 4) is 0 Å². The van der Waals surface area contributed by atoms with Gasteiger partial charge in [-0.1, -0.05) is 37.2 Å². The molecule has 9 heteroatoms. The van der Waals surface area contributed by atoms with E-state index in [9.17, 15) is 18.0 Å². The SMILES string of the molecule is CCCCc1ccc(N2C(=NC(=O)CCC(=O)O)S[C@H]3CS(=O)(=O)C[C@H]32)cc1. The van der Waals surface area contributed by atoms with E-state index >= 15 is 0 Å². The van der Waals surface area contributed by atoms with Gasteiger partial charge in [0.15, 0.2) is 15.0 Å². The van der Waals surface area contributed by atoms with Gasteiger partial charge in [-0.15, -0.1) is 0 Å². The minimum Gasteiger partial charge on any atom is -0.481 e. The lowest BCUT2D eigenvalue weighted by molar-refractivity contribution is -0.138. The molecule has 2 aliphatic heterocycles. The summed E-state index contributed by atoms with van der Waals surface area (Å²) in [6.45, 7) is 2.14. The van der Waals surface area contributed by atoms with Gasteiger partial charge >= 0.3 is 5.97 Å². The van der Waals surface area contributed by atoms with Gasteiger partial charge in [0.1, 0.15) is 0 Å². The van der Waals surface area contributed by atoms with Crippen LogP contribution < -0.4 is 4.90 Å². The second kappa shape index (κ2) is 8.65. The second-order valence-corrected chi connectivity index (χ2v) is 10.5. The number of aryl methyl sites for hydroxylation is 1. The number of carboxylic acid groups (broad SMARTS) is 1. The van der Waals surface area contributed by atoms with E-state index in [0.717, 1.165) is 24.9 Å². The number of carbonyl (C=O) groups is 2. The number of hydrogen-bond acceptors (Lipinski definition) is 5. The van der Waals surface area contributed by atoms with Gasteiger partial charge < -0.3 is 10.0 Å². The first-order valence-electron chi connectivity index (χ1n) is 9.37. The molecule has 28 heavy (non-hydrogen) atoms. The molecule has 0 unspecified atom stereocenters. The number of carbonyl (C=O) groups excluding carboxylic acids is 1. The Morgan fingerprint density at radius 1 is 1.21 bits per heavy atom. The number of carboxylic acids is 1. The molecule has 2 heterocycles. The van der Waals surface area contributed by atoms with Crippen molar-refractivity contribution in [1.29, 1.82) is 0 Å². The van der Waals surface area contributed by atoms with Gasteiger partial charge in [-0.2, -0.15) is 4.99 Å². The summed E-state index contributed by atoms with van der Waals surface area (Å²) in [6.07, 6.45) is 2.76. The van der Waals surface area contributed by atoms with Crippen LogP contribution in [0.3, 0.4) is 0 Å². The van der Waals surface area contributed by atoms with Crippen molar-refractivity contribution >= 4 is 44.3 Å². The summed E-state index contributed by atoms with van der Waals surface area (Å²) in [5.74, 6) is -1.45. The largest absolute Gasteiger partial charge is 0.481 e. The minimum atomic E-state index is -3.12. The van der Waals surface area contributed by atoms with E-state index in [-0.39, 0.29) is 35.6 Å². The summed E-state index contributed by atoms with van der Waals surface area (Å²) >= 11 is 1.30. The number of rotatable bonds is 7. The van der Waals surface area contributed by atoms with Crippen LogP contribution in [0.2, 0.25) is 0 Å². The molecule has 3 rings (SSSR count). The van der Waals surface area contributed by atoms with Crippen LogP contribution in [0.5, 0.6) is 0 Å². The van der Waals surface area contributed by atoms with E-state index in [4.69, 9.17) is 5.11 Å². The third-order valence-corrected chi connectivity index (χ3v) is 8.08. The maximum absolute atomic E-state index is 12.1. The Morgan fingerprint density at radius 2 is 1.93 bits per heavy atom. The molecule has 1 N–H and O–H groups in total. The predicted molar refractivity (Wildman–Crippen MR) is 111 cm³/mol. The molecule has 152 valence electrons. The highest BCUT2D eigenvalue weighted by molar-refractivity contribution is 8.16. The molecule has 2 saturated heterocycles. The smallest absolute Gasteiger partial charge is 0.303 e. The molecule has 0 aromatic heterocycles. The van der Waals surface area contributed by atoms with Crippen molar-refractivity contribution in [2.75, 3.05) is 16.4 Å². The lowest BCUT2D eigenvalue weighted by atomic mass is 10.1. The van der Waals surface area contributed by atoms with Crippen LogP contribution in [0.4, 0.5) is 5.69 Å². The third-order valence-electron chi connectivity index (χ3n) is 4.87. The highest BCUT2D eigenvalue weighted by Crippen LogP contribution is 2.41. The summed E-state index contributed by atoms with van der Waals surface area (Å²) in [6, 6.07) is 7.67. The van der Waals surface area contributed by atoms with E-state index in [1.165, 1.54) is 17.3 Å². The molecule has 0 spiro atoms. The van der Waals surface area contributed by atoms with Crippen LogP contribution >= 0.6 is 11.8 Å². The molecular weight excluding hydrogens is 400 g/mol. The molecule has 2 fully saturated rings. The molecule has 0 radical (unpaired) electrons. The van der Waals surface area contributed by atoms with Crippen molar-refractivity contribution in [1.82, 2.24) is 0 Å². The van der Waals surface area contributed by atoms with Gasteiger partial charge in [0.25, 0.3) is 0 Å². The van der Waals surface area contributed by atoms with Crippen molar-refractivity contribution in [2.24, 2.45) is 4.99 Å². The molecule has 2 aliphatic rings. The molecule has 0 bridgehead atoms. The number of unbranched alkanes of at least 4 members (excludes halogenated alkanes) is 1. The summed E-state index contributed by atoms with van der Waals surface area (Å²) in [4.78, 5) is 28.7. The number of aliphatic imine (C=N–C) groups is 1. The first-order chi connectivity index (χ1) is 13.3. The average molecular weight is 425 g/mol. The number of hydrogen-bond donors (Lipinski definition) is 1. The van der Waals surface area contributed by atoms with Gasteiger partial charge in [0.2, 0.25) is 5.91 Å². The van der Waals surface area contributed by atoms with E-state index in [0.29, 0.717) is 5.17 Å². The topological polar surface area (TPSA) is 104 Å². The van der Waals surface area contributed by atoms with Crippen molar-refractivity contribution < 1.29 is 23.1 Å². The highest BCUT2D eigenvalue weighted by Gasteiger charge is 2.49. The van der Waals surface area contributed by atoms with E-state index in [1.54, 1.807) is 0 Å². The number of sulfone groups is 1. The Bertz CT molecular complexity index is 880. The summed E-state index contributed by atoms with van der Waals surface area (Å²) in [7, 11) is -3.12. The fraction of sp³-hybridized carbons (Fsp3) is 0.526. The first kappa shape index (κ1) is 20.9. The van der Waals surface area contributed by atoms with Crippen LogP contribution in [0.15, 0.2) is 29.3 Å². The van der Waals surface area contributed by atoms with Crippen LogP contribution in [0.1, 0.15) is 38.2 Å². The highest BCUT2D eigenvalue weighted by atomic mass is 32.2. The van der Waals surface area contributed by atoms with Crippen molar-refractivity contribution in [2.45, 2.75) is 50.3 Å². The summed E-state index contributed by atoms with van der Waals surface area (Å²) in [5.41, 5.74) is 2.02. The Kier molecular flexibility index (Phi) is 6.44. The number of amidine groups is 1. The lowest BCUT2D eigenvalue weighted by Crippen LogP contribution is -2.37. The number of aliphatic carboxylic acids is 1. The van der Waals surface area contributed by atoms with Crippen LogP contribution in [0.25, 0.3) is 0 Å². The Morgan fingerprint density at radius 3 is 2.57 bits per heavy atom. The number of nitrogens with zero attached hydrogens (tertiary/aromatic N) is 2. The van der Waals surface area contributed by atoms with Crippen LogP contribution in [-0.4, -0.2) is 53.4 Å². The molecule has 0 aliphatic carbocycles. The molecule has 0 saturated carbocycles. The summed E-state index contributed by atoms with van der Waals surface area (Å²) < 4.78 is 24.2. The lowest BCUT2D eigenvalue weighted by Gasteiger charge is -2.24. The molecule has 1 aromatic carbocycles. The fourth-order valence-corrected chi connectivity index (χ4v) is 7.38. The maximum atomic E-state index is 12.1. The van der Waals surface area contributed by atoms with Gasteiger partial charge in [-0.25, -0.2) is 8.42 Å². The van der Waals surface area contributed by atoms with Crippen molar-refractivity contribution in [3.05, 3.63) is 29.8 Å². The van der Waals surface area contributed by atoms with E-state index in [1.807, 2.05) is 29.2 Å². The third kappa shape index (κ3) is 4.94. The number of thioether (sulfide) groups is 1. The monoisotopic (exact) mass is 424 g/mol. The standard InChI is InChI=1S/C19H24N2O5S2/c1-2-3-4-13-5-7-14(8-6-13)21-15-11-28(25,26)12-16(15)27-19(21)20-17(22)9-10-18(23)24/h5-8,15-16H,2-4,9-12H2,1H3,(H,23,24)/t15-,16+/m1/s1. The minimum absolute atomic E-state index is 0.0323. The number of anilines is 1. The Labute approximate surface area is 169 Å². The zero-order chi connectivity index (χ0) is 20.3. The maximum Gasteiger partial charge on any atom is 0.303 e. The zero-order valence-corrected chi connectivity index (χ0v) is 17.3. The molecule has 1 aromatic rings. The second-order valence-electron chi connectivity index (χ2n) is 7.12. The van der Waals surface area contributed by atoms with Gasteiger partial charge in [0.05, 0.1) is 24.0 Å². The zero-order valence-electron chi connectivity index (χ0n) is 15.7. The van der Waals surface area contributed by atoms with Gasteiger partial charge in [0, 0.05) is 17.4 Å². The molecule has 7 nitrogen and oxygen atoms in total. The van der Waals surface area contributed by atoms with Crippen molar-refractivity contribution in [3.63, 3.8) is 0 Å². The molecule has 2 atom stereocenters. The van der Waals surface area contributed by atoms with Crippen LogP contribution in [0, 0.1) is 0 Å². The molecule has 1 amide bonds. The number of benzene rings is 1. The Balaban J connectivity index is 1.85. The quantitative estimate of drug-likeness (QED) is 0.717. The number of amides is 1. The van der Waals surface area contributed by atoms with E-state index < -0.39 is 21.7 Å².